The highest BCUT2D eigenvalue weighted by Gasteiger charge is 2.09. The topological polar surface area (TPSA) is 50.2 Å². The number of fused-ring (bicyclic) bond motifs is 1. The van der Waals surface area contributed by atoms with Gasteiger partial charge < -0.3 is 0 Å². The number of nitrogens with zero attached hydrogens (tertiary/aromatic N) is 2. The number of hydrogen-bond acceptors (Lipinski definition) is 3. The lowest BCUT2D eigenvalue weighted by molar-refractivity contribution is 0.633. The van der Waals surface area contributed by atoms with Gasteiger partial charge in [-0.1, -0.05) is 19.9 Å². The molecule has 0 aliphatic carbocycles. The van der Waals surface area contributed by atoms with Gasteiger partial charge in [-0.05, 0) is 23.8 Å². The molecule has 0 aromatic carbocycles. The van der Waals surface area contributed by atoms with Crippen LogP contribution < -0.4 is 5.56 Å². The fraction of sp³-hybridized carbons (Fsp3) is 0.286. The van der Waals surface area contributed by atoms with E-state index in [2.05, 4.69) is 23.9 Å². The predicted octanol–water partition coefficient (Wildman–Crippen LogP) is 2.95. The van der Waals surface area contributed by atoms with Crippen molar-refractivity contribution in [3.05, 3.63) is 45.7 Å². The third-order valence-electron chi connectivity index (χ3n) is 2.91. The molecule has 0 aliphatic rings. The second-order valence-electron chi connectivity index (χ2n) is 5.02. The van der Waals surface area contributed by atoms with Gasteiger partial charge in [-0.15, -0.1) is 11.3 Å². The van der Waals surface area contributed by atoms with Crippen molar-refractivity contribution in [2.24, 2.45) is 5.92 Å². The van der Waals surface area contributed by atoms with E-state index in [0.717, 1.165) is 22.7 Å². The Morgan fingerprint density at radius 3 is 2.95 bits per heavy atom. The summed E-state index contributed by atoms with van der Waals surface area (Å²) in [4.78, 5) is 17.7. The molecule has 0 amide bonds. The van der Waals surface area contributed by atoms with Gasteiger partial charge in [0.1, 0.15) is 0 Å². The summed E-state index contributed by atoms with van der Waals surface area (Å²) in [6.07, 6.45) is 0.825. The van der Waals surface area contributed by atoms with Crippen molar-refractivity contribution in [2.45, 2.75) is 20.3 Å². The van der Waals surface area contributed by atoms with E-state index in [1.54, 1.807) is 17.4 Å². The van der Waals surface area contributed by atoms with Crippen LogP contribution in [0.2, 0.25) is 0 Å². The van der Waals surface area contributed by atoms with E-state index in [-0.39, 0.29) is 5.56 Å². The van der Waals surface area contributed by atoms with Gasteiger partial charge in [0.25, 0.3) is 5.56 Å². The summed E-state index contributed by atoms with van der Waals surface area (Å²) in [5.41, 5.74) is 2.42. The number of hydrogen-bond donors (Lipinski definition) is 1. The third kappa shape index (κ3) is 2.33. The van der Waals surface area contributed by atoms with Crippen LogP contribution in [0.3, 0.4) is 0 Å². The Balaban J connectivity index is 2.12. The number of rotatable bonds is 3. The number of aromatic amines is 1. The maximum atomic E-state index is 12.1. The Bertz CT molecular complexity index is 753. The molecule has 98 valence electrons. The van der Waals surface area contributed by atoms with E-state index in [1.165, 1.54) is 4.52 Å². The molecule has 0 saturated heterocycles. The van der Waals surface area contributed by atoms with Crippen molar-refractivity contribution in [1.29, 1.82) is 0 Å². The van der Waals surface area contributed by atoms with Gasteiger partial charge in [0.2, 0.25) is 0 Å². The van der Waals surface area contributed by atoms with E-state index in [9.17, 15) is 4.79 Å². The molecule has 0 fully saturated rings. The molecule has 3 aromatic rings. The lowest BCUT2D eigenvalue weighted by Crippen LogP contribution is -2.16. The van der Waals surface area contributed by atoms with Gasteiger partial charge >= 0.3 is 0 Å². The minimum absolute atomic E-state index is 0.0524. The molecule has 0 atom stereocenters. The molecule has 3 rings (SSSR count). The summed E-state index contributed by atoms with van der Waals surface area (Å²) in [5, 5.41) is 5.11. The molecule has 1 N–H and O–H groups in total. The van der Waals surface area contributed by atoms with Crippen LogP contribution in [0.5, 0.6) is 0 Å². The summed E-state index contributed by atoms with van der Waals surface area (Å²) in [5.74, 6) is 0.491. The highest BCUT2D eigenvalue weighted by molar-refractivity contribution is 7.13. The van der Waals surface area contributed by atoms with Crippen LogP contribution in [0.25, 0.3) is 16.2 Å². The average molecular weight is 273 g/mol. The monoisotopic (exact) mass is 273 g/mol. The Hall–Kier alpha value is -1.88. The number of thiophene rings is 1. The fourth-order valence-electron chi connectivity index (χ4n) is 2.12. The lowest BCUT2D eigenvalue weighted by Gasteiger charge is -2.03. The van der Waals surface area contributed by atoms with Gasteiger partial charge in [-0.3, -0.25) is 9.89 Å². The van der Waals surface area contributed by atoms with Gasteiger partial charge in [-0.25, -0.2) is 9.50 Å². The number of H-pyrrole nitrogens is 1. The zero-order chi connectivity index (χ0) is 13.4. The first-order valence-corrected chi connectivity index (χ1v) is 7.17. The molecule has 3 heterocycles. The van der Waals surface area contributed by atoms with E-state index < -0.39 is 0 Å². The van der Waals surface area contributed by atoms with Gasteiger partial charge in [0.15, 0.2) is 5.65 Å². The van der Waals surface area contributed by atoms with Gasteiger partial charge in [-0.2, -0.15) is 0 Å². The number of nitrogens with one attached hydrogen (secondary N) is 1. The Morgan fingerprint density at radius 1 is 1.42 bits per heavy atom. The first-order valence-electron chi connectivity index (χ1n) is 6.29. The molecule has 0 unspecified atom stereocenters. The van der Waals surface area contributed by atoms with Crippen LogP contribution in [0.4, 0.5) is 0 Å². The van der Waals surface area contributed by atoms with Crippen molar-refractivity contribution in [3.8, 4) is 10.6 Å². The van der Waals surface area contributed by atoms with Crippen molar-refractivity contribution >= 4 is 17.0 Å². The summed E-state index contributed by atoms with van der Waals surface area (Å²) in [7, 11) is 0. The Kier molecular flexibility index (Phi) is 2.98. The molecule has 0 aliphatic heterocycles. The average Bonchev–Trinajstić information content (AvgIpc) is 2.95. The standard InChI is InChI=1S/C14H15N3OS/c1-9(2)6-10-7-14(18)17-13(15-10)8-11(16-17)12-4-3-5-19-12/h3-5,7-9,16H,6H2,1-2H3. The van der Waals surface area contributed by atoms with Gasteiger partial charge in [0.05, 0.1) is 10.6 Å². The summed E-state index contributed by atoms with van der Waals surface area (Å²) in [6, 6.07) is 7.56. The van der Waals surface area contributed by atoms with Crippen molar-refractivity contribution in [3.63, 3.8) is 0 Å². The summed E-state index contributed by atoms with van der Waals surface area (Å²) >= 11 is 1.64. The number of aromatic nitrogens is 3. The van der Waals surface area contributed by atoms with E-state index in [1.807, 2.05) is 23.6 Å². The molecular formula is C14H15N3OS. The largest absolute Gasteiger partial charge is 0.288 e. The Labute approximate surface area is 114 Å². The lowest BCUT2D eigenvalue weighted by atomic mass is 10.1. The molecular weight excluding hydrogens is 258 g/mol. The summed E-state index contributed by atoms with van der Waals surface area (Å²) in [6.45, 7) is 4.25. The quantitative estimate of drug-likeness (QED) is 0.797. The molecule has 0 spiro atoms. The second-order valence-corrected chi connectivity index (χ2v) is 5.97. The van der Waals surface area contributed by atoms with Crippen LogP contribution >= 0.6 is 11.3 Å². The maximum Gasteiger partial charge on any atom is 0.272 e. The van der Waals surface area contributed by atoms with Crippen LogP contribution in [0, 0.1) is 5.92 Å². The minimum atomic E-state index is -0.0524. The fourth-order valence-corrected chi connectivity index (χ4v) is 2.81. The van der Waals surface area contributed by atoms with Crippen LogP contribution in [-0.2, 0) is 6.42 Å². The maximum absolute atomic E-state index is 12.1. The minimum Gasteiger partial charge on any atom is -0.288 e. The van der Waals surface area contributed by atoms with E-state index in [0.29, 0.717) is 11.6 Å². The first-order chi connectivity index (χ1) is 9.13. The zero-order valence-corrected chi connectivity index (χ0v) is 11.7. The SMILES string of the molecule is CC(C)Cc1cc(=O)n2[nH]c(-c3cccs3)cc2n1. The predicted molar refractivity (Wildman–Crippen MR) is 77.7 cm³/mol. The van der Waals surface area contributed by atoms with Crippen molar-refractivity contribution in [2.75, 3.05) is 0 Å². The first kappa shape index (κ1) is 12.2. The molecule has 0 radical (unpaired) electrons. The Morgan fingerprint density at radius 2 is 2.26 bits per heavy atom. The molecule has 3 aromatic heterocycles. The summed E-state index contributed by atoms with van der Waals surface area (Å²) < 4.78 is 1.50. The molecule has 0 bridgehead atoms. The molecule has 4 nitrogen and oxygen atoms in total. The molecule has 0 saturated carbocycles. The second kappa shape index (κ2) is 4.66. The van der Waals surface area contributed by atoms with Gasteiger partial charge in [0, 0.05) is 17.8 Å². The van der Waals surface area contributed by atoms with Crippen LogP contribution in [0.1, 0.15) is 19.5 Å². The third-order valence-corrected chi connectivity index (χ3v) is 3.81. The highest BCUT2D eigenvalue weighted by Crippen LogP contribution is 2.23. The van der Waals surface area contributed by atoms with Crippen LogP contribution in [-0.4, -0.2) is 14.6 Å². The molecule has 5 heteroatoms. The smallest absolute Gasteiger partial charge is 0.272 e. The van der Waals surface area contributed by atoms with E-state index in [4.69, 9.17) is 0 Å². The molecule has 19 heavy (non-hydrogen) atoms. The zero-order valence-electron chi connectivity index (χ0n) is 10.9. The van der Waals surface area contributed by atoms with Crippen LogP contribution in [0.15, 0.2) is 34.4 Å². The van der Waals surface area contributed by atoms with E-state index >= 15 is 0 Å². The highest BCUT2D eigenvalue weighted by atomic mass is 32.1. The van der Waals surface area contributed by atoms with Crippen molar-refractivity contribution < 1.29 is 0 Å². The van der Waals surface area contributed by atoms with Crippen molar-refractivity contribution in [1.82, 2.24) is 14.6 Å². The normalized spacial score (nSPS) is 11.5.